The van der Waals surface area contributed by atoms with Gasteiger partial charge in [0.25, 0.3) is 5.56 Å². The lowest BCUT2D eigenvalue weighted by atomic mass is 10.2. The molecule has 0 saturated heterocycles. The summed E-state index contributed by atoms with van der Waals surface area (Å²) in [4.78, 5) is 24.8. The number of nitrogen functional groups attached to an aromatic ring is 1. The number of aromatic nitrogens is 2. The number of hydrogen-bond acceptors (Lipinski definition) is 4. The van der Waals surface area contributed by atoms with E-state index in [0.717, 1.165) is 5.76 Å². The number of furan rings is 1. The summed E-state index contributed by atoms with van der Waals surface area (Å²) in [5.41, 5.74) is 4.67. The second kappa shape index (κ2) is 4.32. The molecule has 0 amide bonds. The molecule has 90 valence electrons. The molecule has 0 aliphatic rings. The fourth-order valence-electron chi connectivity index (χ4n) is 1.79. The van der Waals surface area contributed by atoms with Crippen LogP contribution in [0, 0.1) is 0 Å². The summed E-state index contributed by atoms with van der Waals surface area (Å²) < 4.78 is 6.54. The Morgan fingerprint density at radius 3 is 2.88 bits per heavy atom. The topological polar surface area (TPSA) is 94.0 Å². The zero-order chi connectivity index (χ0) is 12.4. The molecule has 2 heterocycles. The Labute approximate surface area is 96.7 Å². The highest BCUT2D eigenvalue weighted by molar-refractivity contribution is 5.27. The molecule has 1 atom stereocenters. The van der Waals surface area contributed by atoms with Gasteiger partial charge >= 0.3 is 5.69 Å². The number of anilines is 1. The maximum Gasteiger partial charge on any atom is 0.330 e. The van der Waals surface area contributed by atoms with Crippen molar-refractivity contribution >= 4 is 5.82 Å². The van der Waals surface area contributed by atoms with E-state index in [1.165, 1.54) is 10.6 Å². The number of nitrogens with zero attached hydrogens (tertiary/aromatic N) is 1. The van der Waals surface area contributed by atoms with Crippen LogP contribution < -0.4 is 17.0 Å². The Kier molecular flexibility index (Phi) is 2.86. The average Bonchev–Trinajstić information content (AvgIpc) is 2.68. The van der Waals surface area contributed by atoms with Crippen LogP contribution in [0.2, 0.25) is 0 Å². The van der Waals surface area contributed by atoms with Crippen molar-refractivity contribution in [1.82, 2.24) is 9.55 Å². The number of hydrogen-bond donors (Lipinski definition) is 2. The Morgan fingerprint density at radius 1 is 1.53 bits per heavy atom. The first-order valence-electron chi connectivity index (χ1n) is 5.21. The minimum atomic E-state index is -0.506. The lowest BCUT2D eigenvalue weighted by molar-refractivity contribution is 0.441. The molecule has 3 N–H and O–H groups in total. The van der Waals surface area contributed by atoms with E-state index >= 15 is 0 Å². The molecule has 0 fully saturated rings. The average molecular weight is 235 g/mol. The number of H-pyrrole nitrogens is 1. The van der Waals surface area contributed by atoms with Gasteiger partial charge in [0.15, 0.2) is 0 Å². The zero-order valence-electron chi connectivity index (χ0n) is 9.34. The monoisotopic (exact) mass is 235 g/mol. The second-order valence-electron chi connectivity index (χ2n) is 3.87. The van der Waals surface area contributed by atoms with Gasteiger partial charge in [0, 0.05) is 18.5 Å². The highest BCUT2D eigenvalue weighted by Gasteiger charge is 2.12. The molecular weight excluding hydrogens is 222 g/mol. The Hall–Kier alpha value is -2.24. The fourth-order valence-corrected chi connectivity index (χ4v) is 1.79. The van der Waals surface area contributed by atoms with Gasteiger partial charge in [-0.1, -0.05) is 0 Å². The van der Waals surface area contributed by atoms with E-state index in [2.05, 4.69) is 4.98 Å². The van der Waals surface area contributed by atoms with Gasteiger partial charge in [-0.3, -0.25) is 14.3 Å². The minimum absolute atomic E-state index is 0.151. The maximum absolute atomic E-state index is 11.6. The molecular formula is C11H13N3O3. The van der Waals surface area contributed by atoms with Gasteiger partial charge < -0.3 is 10.2 Å². The van der Waals surface area contributed by atoms with Gasteiger partial charge in [-0.15, -0.1) is 0 Å². The van der Waals surface area contributed by atoms with Crippen molar-refractivity contribution in [3.8, 4) is 0 Å². The predicted octanol–water partition coefficient (Wildman–Crippen LogP) is 0.516. The largest absolute Gasteiger partial charge is 0.469 e. The van der Waals surface area contributed by atoms with Crippen LogP contribution in [-0.4, -0.2) is 9.55 Å². The highest BCUT2D eigenvalue weighted by atomic mass is 16.3. The number of nitrogens with one attached hydrogen (secondary N) is 1. The van der Waals surface area contributed by atoms with Crippen LogP contribution in [-0.2, 0) is 6.42 Å². The van der Waals surface area contributed by atoms with E-state index in [4.69, 9.17) is 10.2 Å². The summed E-state index contributed by atoms with van der Waals surface area (Å²) in [7, 11) is 0. The molecule has 0 saturated carbocycles. The summed E-state index contributed by atoms with van der Waals surface area (Å²) in [5, 5.41) is 0. The third-order valence-corrected chi connectivity index (χ3v) is 2.52. The first-order chi connectivity index (χ1) is 8.08. The third-order valence-electron chi connectivity index (χ3n) is 2.52. The Morgan fingerprint density at radius 2 is 2.29 bits per heavy atom. The molecule has 17 heavy (non-hydrogen) atoms. The first kappa shape index (κ1) is 11.3. The second-order valence-corrected chi connectivity index (χ2v) is 3.87. The summed E-state index contributed by atoms with van der Waals surface area (Å²) in [6.07, 6.45) is 2.10. The van der Waals surface area contributed by atoms with Crippen molar-refractivity contribution in [2.75, 3.05) is 5.73 Å². The molecule has 2 aromatic rings. The minimum Gasteiger partial charge on any atom is -0.469 e. The van der Waals surface area contributed by atoms with Crippen LogP contribution in [0.1, 0.15) is 18.7 Å². The zero-order valence-corrected chi connectivity index (χ0v) is 9.34. The van der Waals surface area contributed by atoms with Crippen LogP contribution >= 0.6 is 0 Å². The van der Waals surface area contributed by atoms with Crippen molar-refractivity contribution in [1.29, 1.82) is 0 Å². The quantitative estimate of drug-likeness (QED) is 0.810. The van der Waals surface area contributed by atoms with E-state index in [-0.39, 0.29) is 11.9 Å². The number of aromatic amines is 1. The van der Waals surface area contributed by atoms with Crippen LogP contribution in [0.15, 0.2) is 38.5 Å². The number of nitrogens with two attached hydrogens (primary N) is 1. The van der Waals surface area contributed by atoms with Crippen LogP contribution in [0.4, 0.5) is 5.82 Å². The summed E-state index contributed by atoms with van der Waals surface area (Å²) in [6, 6.07) is 4.61. The lowest BCUT2D eigenvalue weighted by Gasteiger charge is -2.15. The van der Waals surface area contributed by atoms with E-state index in [9.17, 15) is 9.59 Å². The highest BCUT2D eigenvalue weighted by Crippen LogP contribution is 2.14. The number of rotatable bonds is 3. The van der Waals surface area contributed by atoms with Crippen molar-refractivity contribution in [3.05, 3.63) is 51.1 Å². The molecule has 0 aliphatic carbocycles. The molecule has 0 radical (unpaired) electrons. The molecule has 2 rings (SSSR count). The van der Waals surface area contributed by atoms with Crippen molar-refractivity contribution in [2.45, 2.75) is 19.4 Å². The smallest absolute Gasteiger partial charge is 0.330 e. The van der Waals surface area contributed by atoms with Gasteiger partial charge in [-0.2, -0.15) is 0 Å². The molecule has 6 heteroatoms. The SMILES string of the molecule is CC(Cc1ccco1)n1c(N)cc(=O)[nH]c1=O. The molecule has 0 spiro atoms. The van der Waals surface area contributed by atoms with Crippen molar-refractivity contribution in [2.24, 2.45) is 0 Å². The van der Waals surface area contributed by atoms with Gasteiger partial charge in [-0.05, 0) is 19.1 Å². The first-order valence-corrected chi connectivity index (χ1v) is 5.21. The van der Waals surface area contributed by atoms with Crippen molar-refractivity contribution in [3.63, 3.8) is 0 Å². The van der Waals surface area contributed by atoms with Gasteiger partial charge in [-0.25, -0.2) is 4.79 Å². The predicted molar refractivity (Wildman–Crippen MR) is 62.9 cm³/mol. The normalized spacial score (nSPS) is 12.5. The maximum atomic E-state index is 11.6. The summed E-state index contributed by atoms with van der Waals surface area (Å²) >= 11 is 0. The van der Waals surface area contributed by atoms with Gasteiger partial charge in [0.05, 0.1) is 6.26 Å². The van der Waals surface area contributed by atoms with Crippen LogP contribution in [0.25, 0.3) is 0 Å². The van der Waals surface area contributed by atoms with E-state index in [0.29, 0.717) is 6.42 Å². The molecule has 0 aliphatic heterocycles. The molecule has 0 aromatic carbocycles. The van der Waals surface area contributed by atoms with E-state index in [1.54, 1.807) is 12.3 Å². The molecule has 0 bridgehead atoms. The van der Waals surface area contributed by atoms with Gasteiger partial charge in [0.1, 0.15) is 11.6 Å². The molecule has 2 aromatic heterocycles. The third kappa shape index (κ3) is 2.30. The fraction of sp³-hybridized carbons (Fsp3) is 0.273. The molecule has 1 unspecified atom stereocenters. The van der Waals surface area contributed by atoms with Crippen LogP contribution in [0.3, 0.4) is 0 Å². The lowest BCUT2D eigenvalue weighted by Crippen LogP contribution is -2.33. The Bertz CT molecular complexity index is 610. The summed E-state index contributed by atoms with van der Waals surface area (Å²) in [5.74, 6) is 0.910. The summed E-state index contributed by atoms with van der Waals surface area (Å²) in [6.45, 7) is 1.83. The van der Waals surface area contributed by atoms with Crippen molar-refractivity contribution < 1.29 is 4.42 Å². The van der Waals surface area contributed by atoms with Crippen LogP contribution in [0.5, 0.6) is 0 Å². The van der Waals surface area contributed by atoms with Gasteiger partial charge in [0.2, 0.25) is 0 Å². The van der Waals surface area contributed by atoms with E-state index in [1.807, 2.05) is 13.0 Å². The standard InChI is InChI=1S/C11H13N3O3/c1-7(5-8-3-2-4-17-8)14-9(12)6-10(15)13-11(14)16/h2-4,6-7H,5,12H2,1H3,(H,13,15,16). The van der Waals surface area contributed by atoms with E-state index < -0.39 is 11.2 Å². The Balaban J connectivity index is 2.34. The molecule has 6 nitrogen and oxygen atoms in total.